The van der Waals surface area contributed by atoms with Crippen LogP contribution >= 0.6 is 11.6 Å². The van der Waals surface area contributed by atoms with E-state index in [4.69, 9.17) is 42.5 Å². The molecule has 1 aliphatic carbocycles. The van der Waals surface area contributed by atoms with Gasteiger partial charge >= 0.3 is 6.01 Å². The van der Waals surface area contributed by atoms with Gasteiger partial charge in [0.15, 0.2) is 5.82 Å². The number of hydrogen-bond acceptors (Lipinski definition) is 10. The van der Waals surface area contributed by atoms with E-state index in [9.17, 15) is 9.18 Å². The maximum Gasteiger partial charge on any atom is 0.318 e. The lowest BCUT2D eigenvalue weighted by Crippen LogP contribution is -2.43. The molecular weight excluding hydrogens is 630 g/mol. The van der Waals surface area contributed by atoms with E-state index < -0.39 is 24.0 Å². The predicted octanol–water partition coefficient (Wildman–Crippen LogP) is 3.21. The van der Waals surface area contributed by atoms with Crippen LogP contribution in [0.1, 0.15) is 59.7 Å². The van der Waals surface area contributed by atoms with Crippen molar-refractivity contribution < 1.29 is 23.0 Å². The van der Waals surface area contributed by atoms with E-state index in [-0.39, 0.29) is 47.7 Å². The molecule has 0 unspecified atom stereocenters. The van der Waals surface area contributed by atoms with Crippen molar-refractivity contribution in [3.8, 4) is 6.01 Å². The van der Waals surface area contributed by atoms with Gasteiger partial charge in [-0.2, -0.15) is 9.97 Å². The summed E-state index contributed by atoms with van der Waals surface area (Å²) in [6, 6.07) is 1.89. The van der Waals surface area contributed by atoms with E-state index in [1.165, 1.54) is 4.90 Å². The molecule has 4 N–H and O–H groups in total. The molecule has 0 saturated carbocycles. The number of ether oxygens (including phenoxy) is 2. The average Bonchev–Trinajstić information content (AvgIpc) is 3.45. The average molecular weight is 671 g/mol. The van der Waals surface area contributed by atoms with E-state index in [0.29, 0.717) is 61.7 Å². The number of aryl methyl sites for hydroxylation is 1. The fourth-order valence-electron chi connectivity index (χ4n) is 7.72. The van der Waals surface area contributed by atoms with Crippen molar-refractivity contribution in [3.63, 3.8) is 0 Å². The Hall–Kier alpha value is -3.55. The fraction of sp³-hybridized carbons (Fsp3) is 0.576. The topological polar surface area (TPSA) is 135 Å². The van der Waals surface area contributed by atoms with Gasteiger partial charge in [-0.3, -0.25) is 14.7 Å². The number of carbonyl (C=O) groups excluding carboxylic acids is 1. The number of hydrogen-bond donors (Lipinski definition) is 2. The normalized spacial score (nSPS) is 26.0. The van der Waals surface area contributed by atoms with Gasteiger partial charge in [-0.15, -0.1) is 0 Å². The molecule has 5 heterocycles. The summed E-state index contributed by atoms with van der Waals surface area (Å²) >= 11 is 6.67. The van der Waals surface area contributed by atoms with Crippen LogP contribution in [0.15, 0.2) is 21.8 Å². The number of halogens is 3. The Morgan fingerprint density at radius 1 is 1.23 bits per heavy atom. The number of aliphatic imine (C=N–C) groups is 1. The van der Waals surface area contributed by atoms with Crippen molar-refractivity contribution in [2.24, 2.45) is 10.7 Å². The van der Waals surface area contributed by atoms with Gasteiger partial charge in [0.1, 0.15) is 24.3 Å². The molecule has 1 aromatic heterocycles. The second-order valence-corrected chi connectivity index (χ2v) is 13.9. The van der Waals surface area contributed by atoms with E-state index >= 15 is 4.39 Å². The van der Waals surface area contributed by atoms with Crippen molar-refractivity contribution in [1.29, 1.82) is 0 Å². The Bertz CT molecular complexity index is 1650. The highest BCUT2D eigenvalue weighted by molar-refractivity contribution is 6.45. The maximum absolute atomic E-state index is 15.5. The number of alkyl halides is 1. The molecule has 2 saturated heterocycles. The summed E-state index contributed by atoms with van der Waals surface area (Å²) in [6.07, 6.45) is 3.44. The standard InChI is InChI=1S/C33H41ClF2N8O3/c1-42(2)31(45)29(38)27(34)24-15-43(9-4-8-39-24)30-21-16-46-25(26-20-6-5-18(20)11-22(37)28(26)36)12-23(21)40-32(41-30)47-17-33-7-3-10-44(33)14-19(35)13-33/h11,19,25H,3-10,12-17,37-38H2,1-2H3/t19-,25+,33+/m1/s1. The molecule has 2 fully saturated rings. The lowest BCUT2D eigenvalue weighted by atomic mass is 9.81. The SMILES string of the molecule is CN(C)C(=O)C(N)=C(Cl)C1=NCCCN(c2nc(OC[C@@]34CCCN3C[C@H](F)C4)nc3c2CO[C@H](c2c(F)c(N)cc4c2CC4)C3)C1. The quantitative estimate of drug-likeness (QED) is 0.336. The lowest BCUT2D eigenvalue weighted by Gasteiger charge is -2.34. The van der Waals surface area contributed by atoms with Crippen LogP contribution in [-0.4, -0.2) is 96.5 Å². The first-order chi connectivity index (χ1) is 22.5. The minimum Gasteiger partial charge on any atom is -0.461 e. The Morgan fingerprint density at radius 3 is 2.83 bits per heavy atom. The number of amides is 1. The number of likely N-dealkylation sites (N-methyl/N-ethyl adjacent to an activating group) is 1. The summed E-state index contributed by atoms with van der Waals surface area (Å²) in [7, 11) is 3.21. The first kappa shape index (κ1) is 32.0. The highest BCUT2D eigenvalue weighted by Crippen LogP contribution is 2.43. The number of nitrogens with two attached hydrogens (primary N) is 2. The Labute approximate surface area is 277 Å². The van der Waals surface area contributed by atoms with Crippen molar-refractivity contribution in [1.82, 2.24) is 19.8 Å². The van der Waals surface area contributed by atoms with Crippen LogP contribution in [0.5, 0.6) is 6.01 Å². The molecule has 0 radical (unpaired) electrons. The predicted molar refractivity (Wildman–Crippen MR) is 175 cm³/mol. The number of rotatable bonds is 7. The summed E-state index contributed by atoms with van der Waals surface area (Å²) in [5.74, 6) is -0.253. The summed E-state index contributed by atoms with van der Waals surface area (Å²) in [5, 5.41) is 0.101. The Kier molecular flexibility index (Phi) is 8.50. The van der Waals surface area contributed by atoms with Crippen LogP contribution in [0.25, 0.3) is 0 Å². The van der Waals surface area contributed by atoms with E-state index in [1.54, 1.807) is 20.2 Å². The first-order valence-corrected chi connectivity index (χ1v) is 16.7. The highest BCUT2D eigenvalue weighted by atomic mass is 35.5. The Morgan fingerprint density at radius 2 is 2.06 bits per heavy atom. The van der Waals surface area contributed by atoms with Crippen molar-refractivity contribution >= 4 is 34.7 Å². The van der Waals surface area contributed by atoms with Gasteiger partial charge in [0.2, 0.25) is 0 Å². The van der Waals surface area contributed by atoms with E-state index in [0.717, 1.165) is 48.9 Å². The molecular formula is C33H41ClF2N8O3. The second-order valence-electron chi connectivity index (χ2n) is 13.5. The smallest absolute Gasteiger partial charge is 0.318 e. The van der Waals surface area contributed by atoms with Crippen LogP contribution < -0.4 is 21.1 Å². The fourth-order valence-corrected chi connectivity index (χ4v) is 7.92. The molecule has 0 bridgehead atoms. The number of nitrogens with zero attached hydrogens (tertiary/aromatic N) is 6. The third-order valence-electron chi connectivity index (χ3n) is 10.2. The summed E-state index contributed by atoms with van der Waals surface area (Å²) in [4.78, 5) is 32.6. The van der Waals surface area contributed by atoms with Gasteiger partial charge in [0.05, 0.1) is 46.9 Å². The molecule has 252 valence electrons. The van der Waals surface area contributed by atoms with Crippen molar-refractivity contribution in [3.05, 3.63) is 50.6 Å². The lowest BCUT2D eigenvalue weighted by molar-refractivity contribution is -0.124. The molecule has 4 aliphatic heterocycles. The molecule has 2 aromatic rings. The zero-order chi connectivity index (χ0) is 33.0. The van der Waals surface area contributed by atoms with Crippen LogP contribution in [0.3, 0.4) is 0 Å². The monoisotopic (exact) mass is 670 g/mol. The van der Waals surface area contributed by atoms with E-state index in [2.05, 4.69) is 9.89 Å². The number of aromatic nitrogens is 2. The van der Waals surface area contributed by atoms with Gasteiger partial charge < -0.3 is 30.7 Å². The molecule has 3 atom stereocenters. The highest BCUT2D eigenvalue weighted by Gasteiger charge is 2.49. The number of nitrogen functional groups attached to an aromatic ring is 1. The molecule has 14 heteroatoms. The summed E-state index contributed by atoms with van der Waals surface area (Å²) < 4.78 is 42.7. The number of benzene rings is 1. The molecule has 11 nitrogen and oxygen atoms in total. The molecule has 7 rings (SSSR count). The molecule has 0 spiro atoms. The van der Waals surface area contributed by atoms with Gasteiger partial charge in [0.25, 0.3) is 5.91 Å². The van der Waals surface area contributed by atoms with Crippen molar-refractivity contribution in [2.45, 2.75) is 69.4 Å². The second kappa shape index (κ2) is 12.5. The number of anilines is 2. The largest absolute Gasteiger partial charge is 0.461 e. The maximum atomic E-state index is 15.5. The van der Waals surface area contributed by atoms with E-state index in [1.807, 2.05) is 4.90 Å². The minimum absolute atomic E-state index is 0.0824. The molecule has 47 heavy (non-hydrogen) atoms. The zero-order valence-corrected chi connectivity index (χ0v) is 27.6. The minimum atomic E-state index is -0.887. The third kappa shape index (κ3) is 5.80. The van der Waals surface area contributed by atoms with Crippen LogP contribution in [0.4, 0.5) is 20.3 Å². The van der Waals surface area contributed by atoms with Crippen LogP contribution in [0, 0.1) is 5.82 Å². The number of carbonyl (C=O) groups is 1. The zero-order valence-electron chi connectivity index (χ0n) is 26.8. The number of fused-ring (bicyclic) bond motifs is 3. The van der Waals surface area contributed by atoms with Gasteiger partial charge in [0, 0.05) is 57.7 Å². The summed E-state index contributed by atoms with van der Waals surface area (Å²) in [6.45, 7) is 3.00. The van der Waals surface area contributed by atoms with Crippen LogP contribution in [0.2, 0.25) is 0 Å². The summed E-state index contributed by atoms with van der Waals surface area (Å²) in [5.41, 5.74) is 16.3. The third-order valence-corrected chi connectivity index (χ3v) is 10.7. The molecule has 5 aliphatic rings. The first-order valence-electron chi connectivity index (χ1n) is 16.3. The van der Waals surface area contributed by atoms with Crippen molar-refractivity contribution in [2.75, 3.05) is 64.1 Å². The molecule has 1 aromatic carbocycles. The van der Waals surface area contributed by atoms with Gasteiger partial charge in [-0.1, -0.05) is 11.6 Å². The van der Waals surface area contributed by atoms with Gasteiger partial charge in [-0.25, -0.2) is 8.78 Å². The molecule has 1 amide bonds. The Balaban J connectivity index is 1.24. The van der Waals surface area contributed by atoms with Crippen LogP contribution in [-0.2, 0) is 35.4 Å². The van der Waals surface area contributed by atoms with Gasteiger partial charge in [-0.05, 0) is 55.8 Å².